The monoisotopic (exact) mass is 449 g/mol. The predicted octanol–water partition coefficient (Wildman–Crippen LogP) is 2.07. The fourth-order valence-electron chi connectivity index (χ4n) is 5.19. The molecule has 4 aliphatic rings. The molecule has 0 unspecified atom stereocenters. The summed E-state index contributed by atoms with van der Waals surface area (Å²) in [6.45, 7) is 8.87. The summed E-state index contributed by atoms with van der Waals surface area (Å²) in [5.74, 6) is 0.574. The summed E-state index contributed by atoms with van der Waals surface area (Å²) < 4.78 is 5.29. The van der Waals surface area contributed by atoms with Gasteiger partial charge >= 0.3 is 0 Å². The first-order valence-electron chi connectivity index (χ1n) is 12.1. The Hall–Kier alpha value is -2.64. The van der Waals surface area contributed by atoms with Gasteiger partial charge in [-0.3, -0.25) is 9.69 Å². The minimum absolute atomic E-state index is 0.0615. The lowest BCUT2D eigenvalue weighted by atomic mass is 9.91. The molecule has 2 fully saturated rings. The molecule has 1 aromatic rings. The fraction of sp³-hybridized carbons (Fsp3) is 0.538. The number of rotatable bonds is 7. The van der Waals surface area contributed by atoms with Gasteiger partial charge in [-0.05, 0) is 42.4 Å². The summed E-state index contributed by atoms with van der Waals surface area (Å²) in [5.41, 5.74) is 11.3. The highest BCUT2D eigenvalue weighted by atomic mass is 16.5. The molecule has 7 heteroatoms. The second kappa shape index (κ2) is 9.31. The van der Waals surface area contributed by atoms with Crippen molar-refractivity contribution in [3.63, 3.8) is 0 Å². The van der Waals surface area contributed by atoms with Gasteiger partial charge in [-0.2, -0.15) is 0 Å². The highest BCUT2D eigenvalue weighted by Crippen LogP contribution is 2.28. The van der Waals surface area contributed by atoms with Crippen LogP contribution in [0, 0.1) is 0 Å². The molecule has 0 bridgehead atoms. The van der Waals surface area contributed by atoms with Gasteiger partial charge in [0.05, 0.1) is 18.2 Å². The molecule has 2 N–H and O–H groups in total. The van der Waals surface area contributed by atoms with Gasteiger partial charge < -0.3 is 20.3 Å². The molecule has 3 heterocycles. The Morgan fingerprint density at radius 3 is 2.70 bits per heavy atom. The Bertz CT molecular complexity index is 990. The standard InChI is InChI=1S/C26H35N5O2/c1-18(30-15-23(16-30)33-2)28-13-24-25(27)17-31(26(24)32)14-19-6-7-20-8-10-29(22-4-3-5-22)11-9-21(20)12-19/h6-7,12-13,22-23H,1,3-5,8-11,14-17,27H2,2H3/b28-13-. The lowest BCUT2D eigenvalue weighted by Gasteiger charge is -2.39. The number of fused-ring (bicyclic) bond motifs is 1. The van der Waals surface area contributed by atoms with Gasteiger partial charge in [0.2, 0.25) is 0 Å². The van der Waals surface area contributed by atoms with E-state index in [1.165, 1.54) is 42.5 Å². The molecule has 1 aromatic carbocycles. The zero-order valence-electron chi connectivity index (χ0n) is 19.6. The molecule has 3 aliphatic heterocycles. The van der Waals surface area contributed by atoms with Crippen molar-refractivity contribution in [2.75, 3.05) is 39.8 Å². The molecule has 5 rings (SSSR count). The largest absolute Gasteiger partial charge is 0.400 e. The third-order valence-corrected chi connectivity index (χ3v) is 7.69. The molecular formula is C26H35N5O2. The van der Waals surface area contributed by atoms with Gasteiger partial charge in [0.25, 0.3) is 5.91 Å². The van der Waals surface area contributed by atoms with Crippen molar-refractivity contribution in [3.05, 3.63) is 58.6 Å². The van der Waals surface area contributed by atoms with E-state index in [1.807, 2.05) is 9.80 Å². The van der Waals surface area contributed by atoms with Crippen molar-refractivity contribution in [2.24, 2.45) is 10.7 Å². The van der Waals surface area contributed by atoms with Crippen LogP contribution < -0.4 is 5.73 Å². The van der Waals surface area contributed by atoms with Crippen LogP contribution in [0.3, 0.4) is 0 Å². The molecule has 0 radical (unpaired) electrons. The number of carbonyl (C=O) groups excluding carboxylic acids is 1. The van der Waals surface area contributed by atoms with Gasteiger partial charge in [0, 0.05) is 57.8 Å². The van der Waals surface area contributed by atoms with Crippen LogP contribution in [0.5, 0.6) is 0 Å². The molecule has 0 aromatic heterocycles. The summed E-state index contributed by atoms with van der Waals surface area (Å²) in [6.07, 6.45) is 8.12. The third kappa shape index (κ3) is 4.57. The van der Waals surface area contributed by atoms with Crippen molar-refractivity contribution in [3.8, 4) is 0 Å². The lowest BCUT2D eigenvalue weighted by molar-refractivity contribution is -0.125. The number of methoxy groups -OCH3 is 1. The van der Waals surface area contributed by atoms with E-state index in [4.69, 9.17) is 10.5 Å². The molecule has 0 atom stereocenters. The van der Waals surface area contributed by atoms with Crippen LogP contribution in [0.25, 0.3) is 0 Å². The second-order valence-corrected chi connectivity index (χ2v) is 9.76. The zero-order chi connectivity index (χ0) is 22.9. The van der Waals surface area contributed by atoms with Gasteiger partial charge in [0.1, 0.15) is 5.82 Å². The number of carbonyl (C=O) groups is 1. The lowest BCUT2D eigenvalue weighted by Crippen LogP contribution is -2.50. The highest BCUT2D eigenvalue weighted by Gasteiger charge is 2.30. The molecule has 1 saturated heterocycles. The van der Waals surface area contributed by atoms with E-state index in [0.29, 0.717) is 30.2 Å². The quantitative estimate of drug-likeness (QED) is 0.645. The minimum atomic E-state index is -0.0615. The van der Waals surface area contributed by atoms with Crippen LogP contribution in [0.1, 0.15) is 36.0 Å². The summed E-state index contributed by atoms with van der Waals surface area (Å²) >= 11 is 0. The van der Waals surface area contributed by atoms with E-state index in [-0.39, 0.29) is 12.0 Å². The number of hydrogen-bond donors (Lipinski definition) is 1. The summed E-state index contributed by atoms with van der Waals surface area (Å²) in [5, 5.41) is 0. The van der Waals surface area contributed by atoms with Gasteiger partial charge in [-0.1, -0.05) is 31.2 Å². The average molecular weight is 450 g/mol. The Labute approximate surface area is 196 Å². The summed E-state index contributed by atoms with van der Waals surface area (Å²) in [4.78, 5) is 23.9. The van der Waals surface area contributed by atoms with Crippen LogP contribution >= 0.6 is 0 Å². The summed E-state index contributed by atoms with van der Waals surface area (Å²) in [6, 6.07) is 7.53. The Morgan fingerprint density at radius 2 is 2.00 bits per heavy atom. The molecular weight excluding hydrogens is 414 g/mol. The first kappa shape index (κ1) is 22.2. The number of benzene rings is 1. The number of ether oxygens (including phenoxy) is 1. The number of aliphatic imine (C=N–C) groups is 1. The van der Waals surface area contributed by atoms with Crippen molar-refractivity contribution in [2.45, 2.75) is 50.8 Å². The topological polar surface area (TPSA) is 74.4 Å². The van der Waals surface area contributed by atoms with Crippen LogP contribution in [0.15, 0.2) is 46.9 Å². The smallest absolute Gasteiger partial charge is 0.257 e. The van der Waals surface area contributed by atoms with Crippen molar-refractivity contribution < 1.29 is 9.53 Å². The maximum absolute atomic E-state index is 13.0. The van der Waals surface area contributed by atoms with Crippen LogP contribution in [-0.4, -0.2) is 78.8 Å². The van der Waals surface area contributed by atoms with Crippen LogP contribution in [0.2, 0.25) is 0 Å². The van der Waals surface area contributed by atoms with Crippen LogP contribution in [-0.2, 0) is 28.9 Å². The SMILES string of the molecule is C=C(/N=C\C1=C(N)CN(Cc2ccc3c(c2)CCN(C2CCC2)CC3)C1=O)N1CC(OC)C1. The third-order valence-electron chi connectivity index (χ3n) is 7.69. The fourth-order valence-corrected chi connectivity index (χ4v) is 5.19. The van der Waals surface area contributed by atoms with Crippen molar-refractivity contribution >= 4 is 12.1 Å². The van der Waals surface area contributed by atoms with Crippen molar-refractivity contribution in [1.29, 1.82) is 0 Å². The molecule has 33 heavy (non-hydrogen) atoms. The van der Waals surface area contributed by atoms with E-state index < -0.39 is 0 Å². The molecule has 1 saturated carbocycles. The zero-order valence-corrected chi connectivity index (χ0v) is 19.6. The van der Waals surface area contributed by atoms with E-state index in [9.17, 15) is 4.79 Å². The maximum atomic E-state index is 13.0. The van der Waals surface area contributed by atoms with Gasteiger partial charge in [-0.25, -0.2) is 4.99 Å². The maximum Gasteiger partial charge on any atom is 0.257 e. The second-order valence-electron chi connectivity index (χ2n) is 9.76. The molecule has 0 spiro atoms. The number of hydrogen-bond acceptors (Lipinski definition) is 6. The summed E-state index contributed by atoms with van der Waals surface area (Å²) in [7, 11) is 1.71. The number of nitrogens with two attached hydrogens (primary N) is 1. The Kier molecular flexibility index (Phi) is 6.25. The minimum Gasteiger partial charge on any atom is -0.400 e. The van der Waals surface area contributed by atoms with E-state index in [0.717, 1.165) is 38.5 Å². The molecule has 176 valence electrons. The van der Waals surface area contributed by atoms with Gasteiger partial charge in [0.15, 0.2) is 0 Å². The predicted molar refractivity (Wildman–Crippen MR) is 130 cm³/mol. The van der Waals surface area contributed by atoms with Gasteiger partial charge in [-0.15, -0.1) is 0 Å². The molecule has 1 amide bonds. The highest BCUT2D eigenvalue weighted by molar-refractivity contribution is 6.14. The van der Waals surface area contributed by atoms with E-state index >= 15 is 0 Å². The average Bonchev–Trinajstić information content (AvgIpc) is 2.87. The first-order chi connectivity index (χ1) is 16.0. The number of likely N-dealkylation sites (tertiary alicyclic amines) is 1. The number of amides is 1. The Balaban J connectivity index is 1.19. The van der Waals surface area contributed by atoms with E-state index in [1.54, 1.807) is 13.3 Å². The van der Waals surface area contributed by atoms with Crippen LogP contribution in [0.4, 0.5) is 0 Å². The Morgan fingerprint density at radius 1 is 1.24 bits per heavy atom. The molecule has 7 nitrogen and oxygen atoms in total. The molecule has 1 aliphatic carbocycles. The normalized spacial score (nSPS) is 22.5. The van der Waals surface area contributed by atoms with E-state index in [2.05, 4.69) is 34.7 Å². The number of nitrogens with zero attached hydrogens (tertiary/aromatic N) is 4. The first-order valence-corrected chi connectivity index (χ1v) is 12.1. The van der Waals surface area contributed by atoms with Crippen molar-refractivity contribution in [1.82, 2.24) is 14.7 Å².